The molecule has 2 N–H and O–H groups in total. The Bertz CT molecular complexity index is 502. The van der Waals surface area contributed by atoms with Crippen molar-refractivity contribution < 1.29 is 4.39 Å². The molecular weight excluding hydrogens is 239 g/mol. The van der Waals surface area contributed by atoms with Gasteiger partial charge in [0.25, 0.3) is 0 Å². The average molecular weight is 260 g/mol. The van der Waals surface area contributed by atoms with Crippen molar-refractivity contribution >= 4 is 0 Å². The molecule has 3 heteroatoms. The summed E-state index contributed by atoms with van der Waals surface area (Å²) >= 11 is 0. The van der Waals surface area contributed by atoms with Gasteiger partial charge in [-0.05, 0) is 73.6 Å². The summed E-state index contributed by atoms with van der Waals surface area (Å²) in [7, 11) is 0. The predicted molar refractivity (Wildman–Crippen MR) is 72.9 cm³/mol. The number of benzene rings is 1. The lowest BCUT2D eigenvalue weighted by molar-refractivity contribution is 0.139. The smallest absolute Gasteiger partial charge is 0.123 e. The van der Waals surface area contributed by atoms with E-state index in [2.05, 4.69) is 10.9 Å². The van der Waals surface area contributed by atoms with Crippen LogP contribution in [0.1, 0.15) is 42.9 Å². The molecule has 3 aliphatic rings. The maximum absolute atomic E-state index is 13.2. The van der Waals surface area contributed by atoms with Crippen molar-refractivity contribution in [3.63, 3.8) is 0 Å². The van der Waals surface area contributed by atoms with Crippen LogP contribution in [0, 0.1) is 30.5 Å². The molecule has 1 saturated heterocycles. The van der Waals surface area contributed by atoms with E-state index < -0.39 is 0 Å². The minimum absolute atomic E-state index is 0.136. The first-order valence-corrected chi connectivity index (χ1v) is 7.49. The zero-order chi connectivity index (χ0) is 13.0. The quantitative estimate of drug-likeness (QED) is 0.811. The van der Waals surface area contributed by atoms with Crippen LogP contribution in [0.4, 0.5) is 4.39 Å². The first-order valence-electron chi connectivity index (χ1n) is 7.49. The van der Waals surface area contributed by atoms with Gasteiger partial charge in [0.05, 0.1) is 0 Å². The number of halogens is 1. The lowest BCUT2D eigenvalue weighted by atomic mass is 9.78. The highest BCUT2D eigenvalue weighted by molar-refractivity contribution is 5.30. The number of rotatable bonds is 1. The van der Waals surface area contributed by atoms with E-state index >= 15 is 0 Å². The topological polar surface area (TPSA) is 24.1 Å². The predicted octanol–water partition coefficient (Wildman–Crippen LogP) is 3.09. The maximum Gasteiger partial charge on any atom is 0.123 e. The number of aryl methyl sites for hydroxylation is 1. The molecule has 5 atom stereocenters. The van der Waals surface area contributed by atoms with Crippen LogP contribution >= 0.6 is 0 Å². The van der Waals surface area contributed by atoms with Crippen LogP contribution in [0.15, 0.2) is 18.2 Å². The standard InChI is InChI=1S/C16H21FN2/c1-9-6-12(17)4-5-13(9)15-8-14-10-2-3-11(7-10)16(14)19-18-15/h4-6,10-11,14-16,18-19H,2-3,7-8H2,1H3. The summed E-state index contributed by atoms with van der Waals surface area (Å²) in [5.74, 6) is 2.49. The minimum atomic E-state index is -0.136. The molecule has 19 heavy (non-hydrogen) atoms. The van der Waals surface area contributed by atoms with E-state index in [-0.39, 0.29) is 5.82 Å². The van der Waals surface area contributed by atoms with E-state index in [0.717, 1.165) is 23.3 Å². The molecule has 102 valence electrons. The number of hydrogen-bond donors (Lipinski definition) is 2. The van der Waals surface area contributed by atoms with Gasteiger partial charge >= 0.3 is 0 Å². The molecule has 4 rings (SSSR count). The summed E-state index contributed by atoms with van der Waals surface area (Å²) in [5.41, 5.74) is 9.34. The second kappa shape index (κ2) is 4.29. The Morgan fingerprint density at radius 2 is 1.95 bits per heavy atom. The van der Waals surface area contributed by atoms with Gasteiger partial charge in [-0.1, -0.05) is 6.07 Å². The van der Waals surface area contributed by atoms with Crippen molar-refractivity contribution in [3.05, 3.63) is 35.1 Å². The fourth-order valence-corrected chi connectivity index (χ4v) is 4.74. The molecule has 3 fully saturated rings. The second-order valence-corrected chi connectivity index (χ2v) is 6.60. The summed E-state index contributed by atoms with van der Waals surface area (Å²) in [4.78, 5) is 0. The Hall–Kier alpha value is -0.930. The molecule has 2 bridgehead atoms. The van der Waals surface area contributed by atoms with Gasteiger partial charge in [-0.15, -0.1) is 0 Å². The van der Waals surface area contributed by atoms with E-state index in [1.54, 1.807) is 12.1 Å². The third-order valence-electron chi connectivity index (χ3n) is 5.63. The number of fused-ring (bicyclic) bond motifs is 5. The molecule has 1 aromatic rings. The molecule has 1 aromatic carbocycles. The van der Waals surface area contributed by atoms with Gasteiger partial charge in [0.1, 0.15) is 5.82 Å². The van der Waals surface area contributed by atoms with Crippen LogP contribution in [-0.4, -0.2) is 6.04 Å². The lowest BCUT2D eigenvalue weighted by Gasteiger charge is -2.40. The van der Waals surface area contributed by atoms with Crippen LogP contribution < -0.4 is 10.9 Å². The van der Waals surface area contributed by atoms with E-state index in [9.17, 15) is 4.39 Å². The van der Waals surface area contributed by atoms with E-state index in [1.807, 2.05) is 13.0 Å². The van der Waals surface area contributed by atoms with Gasteiger partial charge in [-0.25, -0.2) is 4.39 Å². The molecule has 1 aliphatic heterocycles. The number of hydrazine groups is 1. The lowest BCUT2D eigenvalue weighted by Crippen LogP contribution is -2.54. The summed E-state index contributed by atoms with van der Waals surface area (Å²) < 4.78 is 13.2. The molecule has 0 spiro atoms. The first-order chi connectivity index (χ1) is 9.22. The molecular formula is C16H21FN2. The third-order valence-corrected chi connectivity index (χ3v) is 5.63. The zero-order valence-electron chi connectivity index (χ0n) is 11.3. The summed E-state index contributed by atoms with van der Waals surface area (Å²) in [5, 5.41) is 0. The average Bonchev–Trinajstić information content (AvgIpc) is 3.00. The first kappa shape index (κ1) is 11.9. The van der Waals surface area contributed by atoms with Crippen molar-refractivity contribution in [2.75, 3.05) is 0 Å². The Labute approximate surface area is 113 Å². The van der Waals surface area contributed by atoms with Crippen LogP contribution in [0.5, 0.6) is 0 Å². The van der Waals surface area contributed by atoms with Gasteiger partial charge in [0, 0.05) is 12.1 Å². The minimum Gasteiger partial charge on any atom is -0.254 e. The van der Waals surface area contributed by atoms with Crippen molar-refractivity contribution in [1.82, 2.24) is 10.9 Å². The van der Waals surface area contributed by atoms with Crippen LogP contribution in [0.25, 0.3) is 0 Å². The van der Waals surface area contributed by atoms with Gasteiger partial charge in [-0.3, -0.25) is 10.9 Å². The molecule has 5 unspecified atom stereocenters. The highest BCUT2D eigenvalue weighted by Crippen LogP contribution is 2.52. The van der Waals surface area contributed by atoms with Gasteiger partial charge < -0.3 is 0 Å². The third kappa shape index (κ3) is 1.83. The zero-order valence-corrected chi connectivity index (χ0v) is 11.3. The molecule has 1 heterocycles. The van der Waals surface area contributed by atoms with Crippen molar-refractivity contribution in [1.29, 1.82) is 0 Å². The summed E-state index contributed by atoms with van der Waals surface area (Å²) in [6.07, 6.45) is 5.44. The molecule has 0 radical (unpaired) electrons. The van der Waals surface area contributed by atoms with E-state index in [1.165, 1.54) is 31.2 Å². The SMILES string of the molecule is Cc1cc(F)ccc1C1CC2C3CCC(C3)C2NN1. The molecule has 2 aliphatic carbocycles. The monoisotopic (exact) mass is 260 g/mol. The van der Waals surface area contributed by atoms with Crippen molar-refractivity contribution in [3.8, 4) is 0 Å². The van der Waals surface area contributed by atoms with Crippen LogP contribution in [-0.2, 0) is 0 Å². The number of nitrogens with one attached hydrogen (secondary N) is 2. The number of hydrogen-bond acceptors (Lipinski definition) is 2. The van der Waals surface area contributed by atoms with E-state index in [4.69, 9.17) is 0 Å². The highest BCUT2D eigenvalue weighted by atomic mass is 19.1. The van der Waals surface area contributed by atoms with Gasteiger partial charge in [0.15, 0.2) is 0 Å². The van der Waals surface area contributed by atoms with Gasteiger partial charge in [-0.2, -0.15) is 0 Å². The normalized spacial score (nSPS) is 40.4. The molecule has 2 saturated carbocycles. The maximum atomic E-state index is 13.2. The van der Waals surface area contributed by atoms with Crippen LogP contribution in [0.2, 0.25) is 0 Å². The fraction of sp³-hybridized carbons (Fsp3) is 0.625. The Morgan fingerprint density at radius 1 is 1.11 bits per heavy atom. The second-order valence-electron chi connectivity index (χ2n) is 6.60. The Kier molecular flexibility index (Phi) is 2.68. The highest BCUT2D eigenvalue weighted by Gasteiger charge is 2.49. The van der Waals surface area contributed by atoms with Crippen molar-refractivity contribution in [2.45, 2.75) is 44.7 Å². The summed E-state index contributed by atoms with van der Waals surface area (Å²) in [6.45, 7) is 2.01. The molecule has 2 nitrogen and oxygen atoms in total. The molecule has 0 amide bonds. The Morgan fingerprint density at radius 3 is 2.79 bits per heavy atom. The fourth-order valence-electron chi connectivity index (χ4n) is 4.74. The van der Waals surface area contributed by atoms with Crippen molar-refractivity contribution in [2.24, 2.45) is 17.8 Å². The van der Waals surface area contributed by atoms with Crippen LogP contribution in [0.3, 0.4) is 0 Å². The Balaban J connectivity index is 1.57. The largest absolute Gasteiger partial charge is 0.254 e. The summed E-state index contributed by atoms with van der Waals surface area (Å²) in [6, 6.07) is 6.18. The van der Waals surface area contributed by atoms with Gasteiger partial charge in [0.2, 0.25) is 0 Å². The van der Waals surface area contributed by atoms with E-state index in [0.29, 0.717) is 12.1 Å². The molecule has 0 aromatic heterocycles.